The number of methoxy groups -OCH3 is 1. The van der Waals surface area contributed by atoms with E-state index >= 15 is 0 Å². The van der Waals surface area contributed by atoms with Crippen LogP contribution in [0.25, 0.3) is 0 Å². The minimum atomic E-state index is -3.87. The fourth-order valence-electron chi connectivity index (χ4n) is 2.85. The molecule has 3 rings (SSSR count). The lowest BCUT2D eigenvalue weighted by Crippen LogP contribution is -2.27. The molecule has 32 heavy (non-hydrogen) atoms. The maximum Gasteiger partial charge on any atom is 0.338 e. The van der Waals surface area contributed by atoms with Gasteiger partial charge in [0.1, 0.15) is 30.5 Å². The molecule has 0 atom stereocenters. The maximum absolute atomic E-state index is 13.0. The van der Waals surface area contributed by atoms with Gasteiger partial charge in [0.05, 0.1) is 23.3 Å². The smallest absolute Gasteiger partial charge is 0.338 e. The summed E-state index contributed by atoms with van der Waals surface area (Å²) in [6.45, 7) is 0.0698. The third-order valence-electron chi connectivity index (χ3n) is 4.57. The molecule has 0 radical (unpaired) electrons. The van der Waals surface area contributed by atoms with Gasteiger partial charge in [-0.25, -0.2) is 17.6 Å². The second-order valence-corrected chi connectivity index (χ2v) is 8.58. The summed E-state index contributed by atoms with van der Waals surface area (Å²) in [7, 11) is -0.977. The van der Waals surface area contributed by atoms with Crippen molar-refractivity contribution in [2.75, 3.05) is 31.7 Å². The number of rotatable bonds is 9. The SMILES string of the molecule is COc1ccccc1N(C)S(=O)(=O)c1ccc(C(=O)OCCOc2ccc(F)cc2)cc1. The predicted octanol–water partition coefficient (Wildman–Crippen LogP) is 3.90. The first-order chi connectivity index (χ1) is 15.3. The number of anilines is 1. The Labute approximate surface area is 186 Å². The van der Waals surface area contributed by atoms with E-state index in [0.717, 1.165) is 4.31 Å². The number of carbonyl (C=O) groups is 1. The van der Waals surface area contributed by atoms with Crippen molar-refractivity contribution in [3.05, 3.63) is 84.2 Å². The Morgan fingerprint density at radius 3 is 2.25 bits per heavy atom. The summed E-state index contributed by atoms with van der Waals surface area (Å²) in [4.78, 5) is 12.2. The van der Waals surface area contributed by atoms with Crippen LogP contribution in [0.4, 0.5) is 10.1 Å². The highest BCUT2D eigenvalue weighted by Gasteiger charge is 2.24. The van der Waals surface area contributed by atoms with E-state index in [1.807, 2.05) is 0 Å². The van der Waals surface area contributed by atoms with Crippen LogP contribution in [0.15, 0.2) is 77.7 Å². The number of hydrogen-bond donors (Lipinski definition) is 0. The Kier molecular flexibility index (Phi) is 7.32. The van der Waals surface area contributed by atoms with E-state index in [1.165, 1.54) is 62.7 Å². The lowest BCUT2D eigenvalue weighted by molar-refractivity contribution is 0.0450. The second kappa shape index (κ2) is 10.1. The van der Waals surface area contributed by atoms with Crippen LogP contribution < -0.4 is 13.8 Å². The fraction of sp³-hybridized carbons (Fsp3) is 0.174. The van der Waals surface area contributed by atoms with E-state index in [1.54, 1.807) is 24.3 Å². The van der Waals surface area contributed by atoms with E-state index < -0.39 is 16.0 Å². The molecule has 0 spiro atoms. The molecule has 7 nitrogen and oxygen atoms in total. The first kappa shape index (κ1) is 23.1. The molecule has 0 unspecified atom stereocenters. The number of nitrogens with zero attached hydrogens (tertiary/aromatic N) is 1. The third-order valence-corrected chi connectivity index (χ3v) is 6.36. The molecule has 9 heteroatoms. The van der Waals surface area contributed by atoms with Crippen LogP contribution in [0.1, 0.15) is 10.4 Å². The summed E-state index contributed by atoms with van der Waals surface area (Å²) in [5.41, 5.74) is 0.588. The third kappa shape index (κ3) is 5.36. The largest absolute Gasteiger partial charge is 0.495 e. The number of benzene rings is 3. The molecule has 0 aliphatic heterocycles. The standard InChI is InChI=1S/C23H22FNO6S/c1-25(21-5-3-4-6-22(21)29-2)32(27,28)20-13-7-17(8-14-20)23(26)31-16-15-30-19-11-9-18(24)10-12-19/h3-14H,15-16H2,1-2H3. The summed E-state index contributed by atoms with van der Waals surface area (Å²) in [5.74, 6) is -0.115. The van der Waals surface area contributed by atoms with Crippen molar-refractivity contribution < 1.29 is 31.8 Å². The first-order valence-corrected chi connectivity index (χ1v) is 11.0. The molecule has 0 fully saturated rings. The van der Waals surface area contributed by atoms with E-state index in [0.29, 0.717) is 17.2 Å². The number of halogens is 1. The quantitative estimate of drug-likeness (QED) is 0.357. The molecule has 0 saturated carbocycles. The second-order valence-electron chi connectivity index (χ2n) is 6.61. The van der Waals surface area contributed by atoms with E-state index in [-0.39, 0.29) is 29.5 Å². The predicted molar refractivity (Wildman–Crippen MR) is 117 cm³/mol. The van der Waals surface area contributed by atoms with Gasteiger partial charge in [0.25, 0.3) is 10.0 Å². The van der Waals surface area contributed by atoms with Crippen LogP contribution in [0.2, 0.25) is 0 Å². The molecule has 0 amide bonds. The highest BCUT2D eigenvalue weighted by molar-refractivity contribution is 7.92. The highest BCUT2D eigenvalue weighted by Crippen LogP contribution is 2.30. The number of esters is 1. The first-order valence-electron chi connectivity index (χ1n) is 9.60. The Morgan fingerprint density at radius 1 is 0.938 bits per heavy atom. The number of sulfonamides is 1. The number of carbonyl (C=O) groups excluding carboxylic acids is 1. The zero-order valence-corrected chi connectivity index (χ0v) is 18.3. The van der Waals surface area contributed by atoms with Gasteiger partial charge < -0.3 is 14.2 Å². The van der Waals surface area contributed by atoms with Crippen LogP contribution >= 0.6 is 0 Å². The Bertz CT molecular complexity index is 1160. The maximum atomic E-state index is 13.0. The van der Waals surface area contributed by atoms with Crippen molar-refractivity contribution in [3.63, 3.8) is 0 Å². The lowest BCUT2D eigenvalue weighted by atomic mass is 10.2. The molecule has 0 aliphatic carbocycles. The van der Waals surface area contributed by atoms with Gasteiger partial charge >= 0.3 is 5.97 Å². The van der Waals surface area contributed by atoms with E-state index in [2.05, 4.69) is 0 Å². The van der Waals surface area contributed by atoms with Crippen LogP contribution in [0.5, 0.6) is 11.5 Å². The Balaban J connectivity index is 1.60. The van der Waals surface area contributed by atoms with Crippen molar-refractivity contribution in [1.29, 1.82) is 0 Å². The summed E-state index contributed by atoms with van der Waals surface area (Å²) in [5, 5.41) is 0. The van der Waals surface area contributed by atoms with Crippen molar-refractivity contribution in [2.45, 2.75) is 4.90 Å². The average molecular weight is 459 g/mol. The molecule has 3 aromatic carbocycles. The summed E-state index contributed by atoms with van der Waals surface area (Å²) < 4.78 is 55.6. The number of hydrogen-bond acceptors (Lipinski definition) is 6. The van der Waals surface area contributed by atoms with Gasteiger partial charge in [-0.2, -0.15) is 0 Å². The minimum absolute atomic E-state index is 0.0158. The molecular formula is C23H22FNO6S. The molecule has 168 valence electrons. The van der Waals surface area contributed by atoms with Crippen molar-refractivity contribution in [1.82, 2.24) is 0 Å². The van der Waals surface area contributed by atoms with E-state index in [9.17, 15) is 17.6 Å². The van der Waals surface area contributed by atoms with Crippen LogP contribution in [-0.4, -0.2) is 41.8 Å². The van der Waals surface area contributed by atoms with Crippen molar-refractivity contribution in [3.8, 4) is 11.5 Å². The molecule has 0 saturated heterocycles. The van der Waals surface area contributed by atoms with Crippen molar-refractivity contribution in [2.24, 2.45) is 0 Å². The monoisotopic (exact) mass is 459 g/mol. The van der Waals surface area contributed by atoms with Gasteiger partial charge in [-0.05, 0) is 60.7 Å². The zero-order chi connectivity index (χ0) is 23.1. The summed E-state index contributed by atoms with van der Waals surface area (Å²) in [6.07, 6.45) is 0. The molecule has 0 heterocycles. The van der Waals surface area contributed by atoms with Crippen LogP contribution in [0.3, 0.4) is 0 Å². The molecule has 0 N–H and O–H groups in total. The van der Waals surface area contributed by atoms with Gasteiger partial charge in [0.2, 0.25) is 0 Å². The van der Waals surface area contributed by atoms with Gasteiger partial charge in [0.15, 0.2) is 0 Å². The van der Waals surface area contributed by atoms with Crippen LogP contribution in [0, 0.1) is 5.82 Å². The molecule has 0 bridgehead atoms. The van der Waals surface area contributed by atoms with Gasteiger partial charge in [0, 0.05) is 7.05 Å². The zero-order valence-electron chi connectivity index (χ0n) is 17.5. The molecule has 0 aromatic heterocycles. The van der Waals surface area contributed by atoms with Gasteiger partial charge in [-0.1, -0.05) is 12.1 Å². The van der Waals surface area contributed by atoms with Gasteiger partial charge in [-0.15, -0.1) is 0 Å². The highest BCUT2D eigenvalue weighted by atomic mass is 32.2. The molecule has 3 aromatic rings. The molecule has 0 aliphatic rings. The molecular weight excluding hydrogens is 437 g/mol. The lowest BCUT2D eigenvalue weighted by Gasteiger charge is -2.21. The summed E-state index contributed by atoms with van der Waals surface area (Å²) >= 11 is 0. The van der Waals surface area contributed by atoms with Gasteiger partial charge in [-0.3, -0.25) is 4.31 Å². The summed E-state index contributed by atoms with van der Waals surface area (Å²) in [6, 6.07) is 17.7. The van der Waals surface area contributed by atoms with Crippen LogP contribution in [-0.2, 0) is 14.8 Å². The Morgan fingerprint density at radius 2 is 1.59 bits per heavy atom. The topological polar surface area (TPSA) is 82.1 Å². The fourth-order valence-corrected chi connectivity index (χ4v) is 4.05. The Hall–Kier alpha value is -3.59. The minimum Gasteiger partial charge on any atom is -0.495 e. The number of para-hydroxylation sites is 2. The van der Waals surface area contributed by atoms with Crippen molar-refractivity contribution >= 4 is 21.7 Å². The van der Waals surface area contributed by atoms with E-state index in [4.69, 9.17) is 14.2 Å². The average Bonchev–Trinajstić information content (AvgIpc) is 2.82. The normalized spacial score (nSPS) is 11.0. The number of ether oxygens (including phenoxy) is 3.